The number of aromatic nitrogens is 2. The first-order valence-electron chi connectivity index (χ1n) is 9.14. The second-order valence-corrected chi connectivity index (χ2v) is 6.59. The summed E-state index contributed by atoms with van der Waals surface area (Å²) < 4.78 is 5.05. The fourth-order valence-electron chi connectivity index (χ4n) is 3.21. The number of fused-ring (bicyclic) bond motifs is 1. The highest BCUT2D eigenvalue weighted by Crippen LogP contribution is 2.34. The predicted molar refractivity (Wildman–Crippen MR) is 98.3 cm³/mol. The summed E-state index contributed by atoms with van der Waals surface area (Å²) in [5.41, 5.74) is 0.613. The van der Waals surface area contributed by atoms with Gasteiger partial charge in [-0.3, -0.25) is 4.79 Å². The Morgan fingerprint density at radius 3 is 2.69 bits per heavy atom. The van der Waals surface area contributed by atoms with Crippen LogP contribution in [0.3, 0.4) is 0 Å². The summed E-state index contributed by atoms with van der Waals surface area (Å²) in [6, 6.07) is -0.295. The SMILES string of the molecule is CCOC(=O)N1CCN(c2ncnc3c2NC(=O)C(C(C)CC)N3)CC1. The van der Waals surface area contributed by atoms with Gasteiger partial charge >= 0.3 is 6.09 Å². The first-order valence-corrected chi connectivity index (χ1v) is 9.14. The van der Waals surface area contributed by atoms with Crippen LogP contribution >= 0.6 is 0 Å². The maximum Gasteiger partial charge on any atom is 0.409 e. The predicted octanol–water partition coefficient (Wildman–Crippen LogP) is 1.53. The van der Waals surface area contributed by atoms with Crippen molar-refractivity contribution in [2.75, 3.05) is 48.3 Å². The van der Waals surface area contributed by atoms with Gasteiger partial charge in [-0.25, -0.2) is 14.8 Å². The van der Waals surface area contributed by atoms with Crippen molar-refractivity contribution in [3.8, 4) is 0 Å². The number of hydrogen-bond donors (Lipinski definition) is 2. The third kappa shape index (κ3) is 3.51. The quantitative estimate of drug-likeness (QED) is 0.838. The molecule has 9 heteroatoms. The molecule has 0 saturated carbocycles. The van der Waals surface area contributed by atoms with Crippen LogP contribution in [0, 0.1) is 5.92 Å². The van der Waals surface area contributed by atoms with Gasteiger partial charge in [0.2, 0.25) is 5.91 Å². The molecule has 9 nitrogen and oxygen atoms in total. The van der Waals surface area contributed by atoms with E-state index in [0.29, 0.717) is 50.1 Å². The minimum absolute atomic E-state index is 0.0620. The summed E-state index contributed by atoms with van der Waals surface area (Å²) >= 11 is 0. The van der Waals surface area contributed by atoms with Crippen molar-refractivity contribution >= 4 is 29.3 Å². The van der Waals surface area contributed by atoms with Gasteiger partial charge in [0, 0.05) is 26.2 Å². The Labute approximate surface area is 153 Å². The Morgan fingerprint density at radius 2 is 2.04 bits per heavy atom. The van der Waals surface area contributed by atoms with Crippen molar-refractivity contribution in [2.45, 2.75) is 33.2 Å². The number of anilines is 3. The maximum absolute atomic E-state index is 12.5. The number of amides is 2. The number of carbonyl (C=O) groups is 2. The first kappa shape index (κ1) is 18.2. The highest BCUT2D eigenvalue weighted by Gasteiger charge is 2.33. The lowest BCUT2D eigenvalue weighted by Gasteiger charge is -2.37. The molecular formula is C17H26N6O3. The fraction of sp³-hybridized carbons (Fsp3) is 0.647. The largest absolute Gasteiger partial charge is 0.450 e. The molecule has 1 aromatic rings. The van der Waals surface area contributed by atoms with Crippen molar-refractivity contribution in [3.63, 3.8) is 0 Å². The minimum Gasteiger partial charge on any atom is -0.450 e. The summed E-state index contributed by atoms with van der Waals surface area (Å²) in [4.78, 5) is 36.7. The fourth-order valence-corrected chi connectivity index (χ4v) is 3.21. The van der Waals surface area contributed by atoms with Crippen LogP contribution in [-0.2, 0) is 9.53 Å². The molecule has 1 fully saturated rings. The van der Waals surface area contributed by atoms with E-state index in [1.54, 1.807) is 11.8 Å². The first-order chi connectivity index (χ1) is 12.5. The van der Waals surface area contributed by atoms with Crippen LogP contribution in [0.2, 0.25) is 0 Å². The van der Waals surface area contributed by atoms with Gasteiger partial charge in [0.1, 0.15) is 18.1 Å². The van der Waals surface area contributed by atoms with Gasteiger partial charge in [0.25, 0.3) is 0 Å². The molecule has 142 valence electrons. The molecule has 3 rings (SSSR count). The van der Waals surface area contributed by atoms with Crippen LogP contribution in [0.15, 0.2) is 6.33 Å². The lowest BCUT2D eigenvalue weighted by atomic mass is 9.97. The van der Waals surface area contributed by atoms with E-state index in [9.17, 15) is 9.59 Å². The highest BCUT2D eigenvalue weighted by atomic mass is 16.6. The van der Waals surface area contributed by atoms with E-state index in [4.69, 9.17) is 4.74 Å². The molecule has 0 spiro atoms. The van der Waals surface area contributed by atoms with Crippen molar-refractivity contribution in [3.05, 3.63) is 6.33 Å². The Kier molecular flexibility index (Phi) is 5.43. The highest BCUT2D eigenvalue weighted by molar-refractivity contribution is 6.05. The maximum atomic E-state index is 12.5. The molecule has 0 bridgehead atoms. The van der Waals surface area contributed by atoms with Gasteiger partial charge in [-0.05, 0) is 12.8 Å². The van der Waals surface area contributed by atoms with Gasteiger partial charge in [-0.15, -0.1) is 0 Å². The lowest BCUT2D eigenvalue weighted by Crippen LogP contribution is -2.50. The van der Waals surface area contributed by atoms with Crippen LogP contribution in [0.4, 0.5) is 22.1 Å². The summed E-state index contributed by atoms with van der Waals surface area (Å²) in [6.45, 7) is 8.60. The van der Waals surface area contributed by atoms with Crippen LogP contribution in [-0.4, -0.2) is 65.7 Å². The number of nitrogens with zero attached hydrogens (tertiary/aromatic N) is 4. The number of piperazine rings is 1. The smallest absolute Gasteiger partial charge is 0.409 e. The summed E-state index contributed by atoms with van der Waals surface area (Å²) in [5, 5.41) is 6.22. The molecule has 2 atom stereocenters. The molecule has 0 aliphatic carbocycles. The normalized spacial score (nSPS) is 20.7. The zero-order valence-corrected chi connectivity index (χ0v) is 15.5. The van der Waals surface area contributed by atoms with Crippen molar-refractivity contribution in [1.29, 1.82) is 0 Å². The van der Waals surface area contributed by atoms with Gasteiger partial charge in [-0.2, -0.15) is 0 Å². The van der Waals surface area contributed by atoms with E-state index < -0.39 is 0 Å². The van der Waals surface area contributed by atoms with Crippen LogP contribution in [0.1, 0.15) is 27.2 Å². The second kappa shape index (κ2) is 7.76. The number of ether oxygens (including phenoxy) is 1. The zero-order chi connectivity index (χ0) is 18.7. The zero-order valence-electron chi connectivity index (χ0n) is 15.5. The molecule has 1 aromatic heterocycles. The molecule has 2 aliphatic heterocycles. The van der Waals surface area contributed by atoms with E-state index in [0.717, 1.165) is 6.42 Å². The van der Waals surface area contributed by atoms with Gasteiger partial charge in [0.05, 0.1) is 6.61 Å². The standard InChI is InChI=1S/C17H26N6O3/c1-4-11(3)12-16(24)21-13-14(20-12)18-10-19-15(13)22-6-8-23(9-7-22)17(25)26-5-2/h10-12H,4-9H2,1-3H3,(H,21,24)(H,18,19,20). The third-order valence-corrected chi connectivity index (χ3v) is 4.97. The minimum atomic E-state index is -0.295. The van der Waals surface area contributed by atoms with Crippen molar-refractivity contribution in [1.82, 2.24) is 14.9 Å². The monoisotopic (exact) mass is 362 g/mol. The molecular weight excluding hydrogens is 336 g/mol. The van der Waals surface area contributed by atoms with E-state index in [2.05, 4.69) is 32.4 Å². The van der Waals surface area contributed by atoms with Gasteiger partial charge < -0.3 is 25.2 Å². The van der Waals surface area contributed by atoms with E-state index in [1.165, 1.54) is 6.33 Å². The Morgan fingerprint density at radius 1 is 1.31 bits per heavy atom. The molecule has 1 saturated heterocycles. The number of carbonyl (C=O) groups excluding carboxylic acids is 2. The van der Waals surface area contributed by atoms with Crippen LogP contribution < -0.4 is 15.5 Å². The number of nitrogens with one attached hydrogen (secondary N) is 2. The summed E-state index contributed by atoms with van der Waals surface area (Å²) in [6.07, 6.45) is 2.11. The van der Waals surface area contributed by atoms with Crippen LogP contribution in [0.25, 0.3) is 0 Å². The number of hydrogen-bond acceptors (Lipinski definition) is 7. The summed E-state index contributed by atoms with van der Waals surface area (Å²) in [5.74, 6) is 1.47. The molecule has 3 heterocycles. The van der Waals surface area contributed by atoms with Crippen LogP contribution in [0.5, 0.6) is 0 Å². The molecule has 2 aliphatic rings. The van der Waals surface area contributed by atoms with E-state index >= 15 is 0 Å². The molecule has 2 amide bonds. The average Bonchev–Trinajstić information content (AvgIpc) is 2.66. The molecule has 0 radical (unpaired) electrons. The van der Waals surface area contributed by atoms with Crippen molar-refractivity contribution in [2.24, 2.45) is 5.92 Å². The number of rotatable bonds is 4. The Hall–Kier alpha value is -2.58. The van der Waals surface area contributed by atoms with E-state index in [1.807, 2.05) is 6.92 Å². The molecule has 0 aromatic carbocycles. The Balaban J connectivity index is 1.74. The summed E-state index contributed by atoms with van der Waals surface area (Å²) in [7, 11) is 0. The molecule has 2 unspecified atom stereocenters. The average molecular weight is 362 g/mol. The van der Waals surface area contributed by atoms with E-state index in [-0.39, 0.29) is 24.0 Å². The van der Waals surface area contributed by atoms with Gasteiger partial charge in [0.15, 0.2) is 11.6 Å². The third-order valence-electron chi connectivity index (χ3n) is 4.97. The Bertz CT molecular complexity index is 674. The topological polar surface area (TPSA) is 99.7 Å². The van der Waals surface area contributed by atoms with Gasteiger partial charge in [-0.1, -0.05) is 20.3 Å². The molecule has 2 N–H and O–H groups in total. The molecule has 26 heavy (non-hydrogen) atoms. The second-order valence-electron chi connectivity index (χ2n) is 6.59. The van der Waals surface area contributed by atoms with Crippen molar-refractivity contribution < 1.29 is 14.3 Å². The lowest BCUT2D eigenvalue weighted by molar-refractivity contribution is -0.118.